The molecule has 0 amide bonds. The Hall–Kier alpha value is -3.23. The van der Waals surface area contributed by atoms with Gasteiger partial charge in [-0.25, -0.2) is 4.79 Å². The summed E-state index contributed by atoms with van der Waals surface area (Å²) in [4.78, 5) is 25.1. The first-order chi connectivity index (χ1) is 9.61. The lowest BCUT2D eigenvalue weighted by Crippen LogP contribution is -2.06. The quantitative estimate of drug-likeness (QED) is 0.389. The van der Waals surface area contributed by atoms with E-state index in [2.05, 4.69) is 21.9 Å². The molecule has 2 aromatic rings. The SMILES string of the molecule is [N-]=[N+]=NCC#Cc1ccc2oc(C(=O)O)cc(=O)c2c1. The van der Waals surface area contributed by atoms with Crippen molar-refractivity contribution < 1.29 is 14.3 Å². The summed E-state index contributed by atoms with van der Waals surface area (Å²) in [5.41, 5.74) is 8.36. The maximum absolute atomic E-state index is 11.8. The summed E-state index contributed by atoms with van der Waals surface area (Å²) in [6, 6.07) is 5.47. The van der Waals surface area contributed by atoms with Crippen LogP contribution >= 0.6 is 0 Å². The molecule has 0 aliphatic heterocycles. The van der Waals surface area contributed by atoms with Crippen LogP contribution in [-0.4, -0.2) is 17.6 Å². The predicted octanol–water partition coefficient (Wildman–Crippen LogP) is 2.15. The molecule has 1 aromatic heterocycles. The zero-order chi connectivity index (χ0) is 14.5. The second-order valence-electron chi connectivity index (χ2n) is 3.68. The number of carboxylic acids is 1. The number of azide groups is 1. The van der Waals surface area contributed by atoms with Crippen molar-refractivity contribution in [2.24, 2.45) is 5.11 Å². The standard InChI is InChI=1S/C13H7N3O4/c14-16-15-5-1-2-8-3-4-11-9(6-8)10(17)7-12(20-11)13(18)19/h3-4,6-7H,5H2,(H,18,19). The van der Waals surface area contributed by atoms with Crippen LogP contribution in [0.15, 0.2) is 38.6 Å². The van der Waals surface area contributed by atoms with Gasteiger partial charge in [-0.2, -0.15) is 0 Å². The van der Waals surface area contributed by atoms with Gasteiger partial charge >= 0.3 is 5.97 Å². The zero-order valence-corrected chi connectivity index (χ0v) is 10.0. The summed E-state index contributed by atoms with van der Waals surface area (Å²) in [5.74, 6) is 3.63. The summed E-state index contributed by atoms with van der Waals surface area (Å²) in [6.45, 7) is 0.0289. The Labute approximate surface area is 112 Å². The van der Waals surface area contributed by atoms with E-state index in [1.165, 1.54) is 12.1 Å². The molecule has 0 aliphatic rings. The summed E-state index contributed by atoms with van der Waals surface area (Å²) in [6.07, 6.45) is 0. The summed E-state index contributed by atoms with van der Waals surface area (Å²) < 4.78 is 5.09. The van der Waals surface area contributed by atoms with Crippen molar-refractivity contribution in [3.8, 4) is 11.8 Å². The molecule has 0 saturated heterocycles. The lowest BCUT2D eigenvalue weighted by Gasteiger charge is -1.99. The Balaban J connectivity index is 2.49. The Bertz CT molecular complexity index is 851. The van der Waals surface area contributed by atoms with Crippen LogP contribution in [0.25, 0.3) is 21.4 Å². The highest BCUT2D eigenvalue weighted by atomic mass is 16.4. The monoisotopic (exact) mass is 269 g/mol. The number of hydrogen-bond acceptors (Lipinski definition) is 4. The van der Waals surface area contributed by atoms with Gasteiger partial charge < -0.3 is 9.52 Å². The van der Waals surface area contributed by atoms with Crippen LogP contribution in [0.3, 0.4) is 0 Å². The molecular weight excluding hydrogens is 262 g/mol. The van der Waals surface area contributed by atoms with E-state index in [4.69, 9.17) is 15.1 Å². The number of hydrogen-bond donors (Lipinski definition) is 1. The minimum atomic E-state index is -1.30. The molecular formula is C13H7N3O4. The van der Waals surface area contributed by atoms with Crippen molar-refractivity contribution in [3.05, 3.63) is 56.3 Å². The van der Waals surface area contributed by atoms with Crippen LogP contribution in [0.5, 0.6) is 0 Å². The number of aromatic carboxylic acids is 1. The van der Waals surface area contributed by atoms with E-state index in [9.17, 15) is 9.59 Å². The third-order valence-electron chi connectivity index (χ3n) is 2.38. The van der Waals surface area contributed by atoms with E-state index in [0.29, 0.717) is 5.56 Å². The number of rotatable bonds is 2. The topological polar surface area (TPSA) is 116 Å². The molecule has 0 unspecified atom stereocenters. The van der Waals surface area contributed by atoms with Crippen LogP contribution in [-0.2, 0) is 0 Å². The van der Waals surface area contributed by atoms with Crippen molar-refractivity contribution >= 4 is 16.9 Å². The number of fused-ring (bicyclic) bond motifs is 1. The highest BCUT2D eigenvalue weighted by Gasteiger charge is 2.10. The number of carboxylic acid groups (broad SMARTS) is 1. The van der Waals surface area contributed by atoms with Crippen molar-refractivity contribution in [3.63, 3.8) is 0 Å². The van der Waals surface area contributed by atoms with Crippen LogP contribution in [0, 0.1) is 11.8 Å². The summed E-state index contributed by atoms with van der Waals surface area (Å²) in [7, 11) is 0. The van der Waals surface area contributed by atoms with Gasteiger partial charge in [0.05, 0.1) is 11.9 Å². The molecule has 0 atom stereocenters. The van der Waals surface area contributed by atoms with Crippen molar-refractivity contribution in [2.45, 2.75) is 0 Å². The second-order valence-corrected chi connectivity index (χ2v) is 3.68. The second kappa shape index (κ2) is 5.61. The van der Waals surface area contributed by atoms with Gasteiger partial charge in [-0.15, -0.1) is 0 Å². The summed E-state index contributed by atoms with van der Waals surface area (Å²) >= 11 is 0. The smallest absolute Gasteiger partial charge is 0.371 e. The first-order valence-electron chi connectivity index (χ1n) is 5.43. The lowest BCUT2D eigenvalue weighted by atomic mass is 10.1. The van der Waals surface area contributed by atoms with Crippen LogP contribution in [0.1, 0.15) is 16.1 Å². The maximum Gasteiger partial charge on any atom is 0.371 e. The molecule has 1 aromatic carbocycles. The molecule has 1 N–H and O–H groups in total. The van der Waals surface area contributed by atoms with E-state index < -0.39 is 17.2 Å². The zero-order valence-electron chi connectivity index (χ0n) is 10.0. The first-order valence-corrected chi connectivity index (χ1v) is 5.43. The van der Waals surface area contributed by atoms with E-state index >= 15 is 0 Å². The Morgan fingerprint density at radius 1 is 1.45 bits per heavy atom. The minimum Gasteiger partial charge on any atom is -0.475 e. The van der Waals surface area contributed by atoms with E-state index in [0.717, 1.165) is 6.07 Å². The third-order valence-corrected chi connectivity index (χ3v) is 2.38. The highest BCUT2D eigenvalue weighted by Crippen LogP contribution is 2.14. The van der Waals surface area contributed by atoms with Gasteiger partial charge in [0.1, 0.15) is 5.58 Å². The normalized spacial score (nSPS) is 9.40. The van der Waals surface area contributed by atoms with Gasteiger partial charge in [-0.05, 0) is 23.7 Å². The van der Waals surface area contributed by atoms with Crippen molar-refractivity contribution in [2.75, 3.05) is 6.54 Å². The highest BCUT2D eigenvalue weighted by molar-refractivity contribution is 5.87. The maximum atomic E-state index is 11.8. The van der Waals surface area contributed by atoms with E-state index in [-0.39, 0.29) is 17.5 Å². The number of carbonyl (C=O) groups is 1. The van der Waals surface area contributed by atoms with Gasteiger partial charge in [0.15, 0.2) is 5.43 Å². The number of nitrogens with zero attached hydrogens (tertiary/aromatic N) is 3. The summed E-state index contributed by atoms with van der Waals surface area (Å²) in [5, 5.41) is 12.3. The molecule has 0 aliphatic carbocycles. The van der Waals surface area contributed by atoms with Crippen LogP contribution in [0.2, 0.25) is 0 Å². The van der Waals surface area contributed by atoms with Crippen molar-refractivity contribution in [1.29, 1.82) is 0 Å². The molecule has 0 saturated carbocycles. The van der Waals surface area contributed by atoms with E-state index in [1.807, 2.05) is 0 Å². The van der Waals surface area contributed by atoms with Gasteiger partial charge in [-0.3, -0.25) is 4.79 Å². The fraction of sp³-hybridized carbons (Fsp3) is 0.0769. The average Bonchev–Trinajstić information content (AvgIpc) is 2.43. The molecule has 0 fully saturated rings. The first kappa shape index (κ1) is 13.2. The molecule has 2 rings (SSSR count). The molecule has 98 valence electrons. The van der Waals surface area contributed by atoms with Crippen LogP contribution in [0.4, 0.5) is 0 Å². The Kier molecular flexibility index (Phi) is 3.70. The fourth-order valence-corrected chi connectivity index (χ4v) is 1.55. The minimum absolute atomic E-state index is 0.0289. The molecule has 0 radical (unpaired) electrons. The fourth-order valence-electron chi connectivity index (χ4n) is 1.55. The molecule has 1 heterocycles. The van der Waals surface area contributed by atoms with Gasteiger partial charge in [0, 0.05) is 16.5 Å². The van der Waals surface area contributed by atoms with Crippen LogP contribution < -0.4 is 5.43 Å². The molecule has 20 heavy (non-hydrogen) atoms. The molecule has 7 nitrogen and oxygen atoms in total. The average molecular weight is 269 g/mol. The van der Waals surface area contributed by atoms with Gasteiger partial charge in [0.25, 0.3) is 0 Å². The lowest BCUT2D eigenvalue weighted by molar-refractivity contribution is 0.0663. The predicted molar refractivity (Wildman–Crippen MR) is 70.3 cm³/mol. The molecule has 0 bridgehead atoms. The Morgan fingerprint density at radius 2 is 2.25 bits per heavy atom. The third kappa shape index (κ3) is 2.77. The Morgan fingerprint density at radius 3 is 2.95 bits per heavy atom. The number of benzene rings is 1. The largest absolute Gasteiger partial charge is 0.475 e. The van der Waals surface area contributed by atoms with E-state index in [1.54, 1.807) is 6.07 Å². The van der Waals surface area contributed by atoms with Crippen molar-refractivity contribution in [1.82, 2.24) is 0 Å². The van der Waals surface area contributed by atoms with Gasteiger partial charge in [-0.1, -0.05) is 17.0 Å². The molecule has 0 spiro atoms. The molecule has 7 heteroatoms. The van der Waals surface area contributed by atoms with Gasteiger partial charge in [0.2, 0.25) is 5.76 Å².